The Morgan fingerprint density at radius 2 is 1.84 bits per heavy atom. The van der Waals surface area contributed by atoms with Crippen molar-refractivity contribution in [3.63, 3.8) is 0 Å². The van der Waals surface area contributed by atoms with Gasteiger partial charge in [0, 0.05) is 40.3 Å². The van der Waals surface area contributed by atoms with E-state index in [1.165, 1.54) is 10.4 Å². The number of fused-ring (bicyclic) bond motifs is 1. The van der Waals surface area contributed by atoms with Gasteiger partial charge in [-0.2, -0.15) is 5.10 Å². The predicted molar refractivity (Wildman–Crippen MR) is 128 cm³/mol. The second-order valence-corrected chi connectivity index (χ2v) is 9.11. The Hall–Kier alpha value is -3.02. The van der Waals surface area contributed by atoms with Gasteiger partial charge in [0.25, 0.3) is 0 Å². The number of halogens is 1. The second kappa shape index (κ2) is 9.00. The van der Waals surface area contributed by atoms with Crippen molar-refractivity contribution in [1.29, 1.82) is 0 Å². The molecule has 0 aliphatic heterocycles. The third-order valence-electron chi connectivity index (χ3n) is 5.33. The monoisotopic (exact) mass is 444 g/mol. The standard InChI is InChI=1S/C25H21ClN4S/c26-21-10-5-13-27-25(21)18-11-12-22-20(14-18)23(30-29-22)15-24-28-16-19(31-24)9-4-8-17-6-2-1-3-7-17/h1-3,5-7,10-14,16H,4,8-9,15H2,(H,29,30). The number of aromatic nitrogens is 4. The molecule has 0 spiro atoms. The van der Waals surface area contributed by atoms with E-state index in [-0.39, 0.29) is 0 Å². The largest absolute Gasteiger partial charge is 0.281 e. The van der Waals surface area contributed by atoms with Gasteiger partial charge in [-0.15, -0.1) is 11.3 Å². The zero-order valence-corrected chi connectivity index (χ0v) is 18.5. The molecule has 3 heterocycles. The first-order valence-corrected chi connectivity index (χ1v) is 11.5. The van der Waals surface area contributed by atoms with E-state index < -0.39 is 0 Å². The van der Waals surface area contributed by atoms with Gasteiger partial charge in [0.2, 0.25) is 0 Å². The number of nitrogens with one attached hydrogen (secondary N) is 1. The van der Waals surface area contributed by atoms with Crippen molar-refractivity contribution >= 4 is 33.8 Å². The molecule has 154 valence electrons. The fourth-order valence-corrected chi connectivity index (χ4v) is 4.96. The van der Waals surface area contributed by atoms with Crippen LogP contribution >= 0.6 is 22.9 Å². The highest BCUT2D eigenvalue weighted by molar-refractivity contribution is 7.11. The van der Waals surface area contributed by atoms with Crippen molar-refractivity contribution in [3.8, 4) is 11.3 Å². The summed E-state index contributed by atoms with van der Waals surface area (Å²) >= 11 is 8.13. The van der Waals surface area contributed by atoms with E-state index in [4.69, 9.17) is 11.6 Å². The van der Waals surface area contributed by atoms with Gasteiger partial charge in [0.1, 0.15) is 0 Å². The third kappa shape index (κ3) is 4.53. The van der Waals surface area contributed by atoms with Gasteiger partial charge in [-0.25, -0.2) is 4.98 Å². The molecule has 1 N–H and O–H groups in total. The third-order valence-corrected chi connectivity index (χ3v) is 6.69. The molecule has 6 heteroatoms. The molecule has 4 nitrogen and oxygen atoms in total. The fourth-order valence-electron chi connectivity index (χ4n) is 3.75. The van der Waals surface area contributed by atoms with Crippen LogP contribution in [0, 0.1) is 0 Å². The molecule has 5 rings (SSSR count). The van der Waals surface area contributed by atoms with Crippen LogP contribution in [0.3, 0.4) is 0 Å². The lowest BCUT2D eigenvalue weighted by Gasteiger charge is -2.03. The molecule has 31 heavy (non-hydrogen) atoms. The molecule has 3 aromatic heterocycles. The lowest BCUT2D eigenvalue weighted by Crippen LogP contribution is -1.89. The summed E-state index contributed by atoms with van der Waals surface area (Å²) in [5, 5.41) is 10.5. The SMILES string of the molecule is Clc1cccnc1-c1ccc2n[nH]c(Cc3ncc(CCCc4ccccc4)s3)c2c1. The molecule has 0 radical (unpaired) electrons. The fraction of sp³-hybridized carbons (Fsp3) is 0.160. The zero-order chi connectivity index (χ0) is 21.0. The Balaban J connectivity index is 1.30. The summed E-state index contributed by atoms with van der Waals surface area (Å²) < 4.78 is 0. The Labute approximate surface area is 190 Å². The second-order valence-electron chi connectivity index (χ2n) is 7.50. The van der Waals surface area contributed by atoms with Gasteiger partial charge in [-0.3, -0.25) is 10.1 Å². The van der Waals surface area contributed by atoms with Crippen LogP contribution in [0.25, 0.3) is 22.2 Å². The summed E-state index contributed by atoms with van der Waals surface area (Å²) in [5.41, 5.74) is 5.16. The lowest BCUT2D eigenvalue weighted by atomic mass is 10.1. The summed E-state index contributed by atoms with van der Waals surface area (Å²) in [6, 6.07) is 20.5. The molecule has 5 aromatic rings. The summed E-state index contributed by atoms with van der Waals surface area (Å²) in [5.74, 6) is 0. The average molecular weight is 445 g/mol. The van der Waals surface area contributed by atoms with Crippen LogP contribution in [0.4, 0.5) is 0 Å². The van der Waals surface area contributed by atoms with E-state index in [0.29, 0.717) is 5.02 Å². The number of hydrogen-bond acceptors (Lipinski definition) is 4. The quantitative estimate of drug-likeness (QED) is 0.311. The van der Waals surface area contributed by atoms with E-state index in [0.717, 1.165) is 58.5 Å². The highest BCUT2D eigenvalue weighted by Gasteiger charge is 2.12. The predicted octanol–water partition coefficient (Wildman–Crippen LogP) is 6.50. The highest BCUT2D eigenvalue weighted by atomic mass is 35.5. The maximum atomic E-state index is 6.34. The molecular weight excluding hydrogens is 424 g/mol. The summed E-state index contributed by atoms with van der Waals surface area (Å²) in [7, 11) is 0. The molecule has 0 amide bonds. The first kappa shape index (κ1) is 19.9. The number of rotatable bonds is 7. The molecule has 0 unspecified atom stereocenters. The van der Waals surface area contributed by atoms with Gasteiger partial charge in [-0.1, -0.05) is 48.0 Å². The number of aromatic amines is 1. The maximum Gasteiger partial charge on any atom is 0.0987 e. The topological polar surface area (TPSA) is 54.5 Å². The van der Waals surface area contributed by atoms with Crippen molar-refractivity contribution in [2.24, 2.45) is 0 Å². The van der Waals surface area contributed by atoms with Crippen LogP contribution in [0.2, 0.25) is 5.02 Å². The van der Waals surface area contributed by atoms with Crippen LogP contribution in [0.1, 0.15) is 27.6 Å². The van der Waals surface area contributed by atoms with Crippen LogP contribution in [-0.2, 0) is 19.3 Å². The Morgan fingerprint density at radius 3 is 2.71 bits per heavy atom. The molecule has 0 aliphatic rings. The van der Waals surface area contributed by atoms with Crippen LogP contribution in [0.15, 0.2) is 73.1 Å². The van der Waals surface area contributed by atoms with Crippen molar-refractivity contribution in [3.05, 3.63) is 99.2 Å². The summed E-state index contributed by atoms with van der Waals surface area (Å²) in [4.78, 5) is 10.4. The number of pyridine rings is 1. The molecule has 0 fully saturated rings. The minimum absolute atomic E-state index is 0.645. The molecular formula is C25H21ClN4S. The van der Waals surface area contributed by atoms with E-state index in [1.54, 1.807) is 17.5 Å². The molecule has 0 saturated carbocycles. The van der Waals surface area contributed by atoms with E-state index in [1.807, 2.05) is 30.5 Å². The number of aryl methyl sites for hydroxylation is 2. The number of hydrogen-bond donors (Lipinski definition) is 1. The Morgan fingerprint density at radius 1 is 0.935 bits per heavy atom. The van der Waals surface area contributed by atoms with E-state index in [2.05, 4.69) is 56.6 Å². The summed E-state index contributed by atoms with van der Waals surface area (Å²) in [6.07, 6.45) is 7.79. The lowest BCUT2D eigenvalue weighted by molar-refractivity contribution is 0.829. The molecule has 0 saturated heterocycles. The highest BCUT2D eigenvalue weighted by Crippen LogP contribution is 2.30. The Kier molecular flexibility index (Phi) is 5.78. The number of H-pyrrole nitrogens is 1. The number of nitrogens with zero attached hydrogens (tertiary/aromatic N) is 3. The molecule has 0 atom stereocenters. The molecule has 0 bridgehead atoms. The van der Waals surface area contributed by atoms with Crippen molar-refractivity contribution in [1.82, 2.24) is 20.2 Å². The molecule has 0 aliphatic carbocycles. The summed E-state index contributed by atoms with van der Waals surface area (Å²) in [6.45, 7) is 0. The van der Waals surface area contributed by atoms with Crippen LogP contribution < -0.4 is 0 Å². The van der Waals surface area contributed by atoms with Gasteiger partial charge in [0.15, 0.2) is 0 Å². The van der Waals surface area contributed by atoms with Crippen LogP contribution in [-0.4, -0.2) is 20.2 Å². The smallest absolute Gasteiger partial charge is 0.0987 e. The van der Waals surface area contributed by atoms with Crippen molar-refractivity contribution in [2.75, 3.05) is 0 Å². The van der Waals surface area contributed by atoms with E-state index in [9.17, 15) is 0 Å². The molecule has 2 aromatic carbocycles. The maximum absolute atomic E-state index is 6.34. The minimum Gasteiger partial charge on any atom is -0.281 e. The normalized spacial score (nSPS) is 11.3. The zero-order valence-electron chi connectivity index (χ0n) is 16.9. The minimum atomic E-state index is 0.645. The Bertz CT molecular complexity index is 1310. The number of thiazole rings is 1. The van der Waals surface area contributed by atoms with Gasteiger partial charge in [-0.05, 0) is 49.1 Å². The first-order chi connectivity index (χ1) is 15.3. The number of benzene rings is 2. The van der Waals surface area contributed by atoms with Gasteiger partial charge < -0.3 is 0 Å². The van der Waals surface area contributed by atoms with E-state index >= 15 is 0 Å². The van der Waals surface area contributed by atoms with Crippen molar-refractivity contribution in [2.45, 2.75) is 25.7 Å². The average Bonchev–Trinajstić information content (AvgIpc) is 3.42. The first-order valence-electron chi connectivity index (χ1n) is 10.3. The van der Waals surface area contributed by atoms with Crippen molar-refractivity contribution < 1.29 is 0 Å². The van der Waals surface area contributed by atoms with Gasteiger partial charge >= 0.3 is 0 Å². The van der Waals surface area contributed by atoms with Crippen LogP contribution in [0.5, 0.6) is 0 Å². The van der Waals surface area contributed by atoms with Gasteiger partial charge in [0.05, 0.1) is 21.2 Å².